The van der Waals surface area contributed by atoms with Crippen LogP contribution in [-0.4, -0.2) is 23.8 Å². The van der Waals surface area contributed by atoms with Gasteiger partial charge in [-0.1, -0.05) is 76.1 Å². The van der Waals surface area contributed by atoms with Gasteiger partial charge in [0.05, 0.1) is 11.3 Å². The molecule has 6 nitrogen and oxygen atoms in total. The Balaban J connectivity index is 0.00000289. The molecule has 7 heteroatoms. The van der Waals surface area contributed by atoms with Crippen LogP contribution in [0.5, 0.6) is 11.5 Å². The van der Waals surface area contributed by atoms with E-state index in [1.807, 2.05) is 43.0 Å². The smallest absolute Gasteiger partial charge is 0.497 e. The molecule has 212 valence electrons. The van der Waals surface area contributed by atoms with Gasteiger partial charge in [-0.2, -0.15) is 0 Å². The van der Waals surface area contributed by atoms with Crippen molar-refractivity contribution in [3.63, 3.8) is 0 Å². The van der Waals surface area contributed by atoms with Gasteiger partial charge in [-0.15, -0.1) is 12.1 Å². The molecule has 0 aliphatic carbocycles. The van der Waals surface area contributed by atoms with E-state index in [1.165, 1.54) is 22.3 Å². The number of rotatable bonds is 3. The summed E-state index contributed by atoms with van der Waals surface area (Å²) < 4.78 is 10.6. The molecule has 0 saturated carbocycles. The Morgan fingerprint density at radius 1 is 0.636 bits per heavy atom. The van der Waals surface area contributed by atoms with Gasteiger partial charge in [0.15, 0.2) is 0 Å². The van der Waals surface area contributed by atoms with Gasteiger partial charge in [0, 0.05) is 59.7 Å². The topological polar surface area (TPSA) is 56.7 Å². The first-order valence-corrected chi connectivity index (χ1v) is 14.2. The number of hydrogen-bond acceptors (Lipinski definition) is 4. The zero-order valence-corrected chi connectivity index (χ0v) is 26.0. The quantitative estimate of drug-likeness (QED) is 0.134. The van der Waals surface area contributed by atoms with Gasteiger partial charge in [-0.25, -0.2) is 0 Å². The van der Waals surface area contributed by atoms with Crippen LogP contribution in [0.25, 0.3) is 65.8 Å². The standard InChI is InChI=1S/C37H23N5O.Pt/c1-22-4-3-5-23(2)35(22)24-6-9-29-27-10-7-25(19-30(27)37-40-15-17-42(37)34(29)18-24)43-26-8-11-28-31(20-26)36-39-14-16-41(36)33-12-13-38-21-32(28)33;/h3-18,21H,1-2H3;/q-2;+2. The van der Waals surface area contributed by atoms with Crippen LogP contribution in [-0.2, 0) is 21.1 Å². The van der Waals surface area contributed by atoms with Crippen molar-refractivity contribution in [2.24, 2.45) is 0 Å². The fourth-order valence-corrected chi connectivity index (χ4v) is 6.54. The third-order valence-electron chi connectivity index (χ3n) is 8.45. The van der Waals surface area contributed by atoms with E-state index < -0.39 is 0 Å². The summed E-state index contributed by atoms with van der Waals surface area (Å²) in [4.78, 5) is 13.7. The van der Waals surface area contributed by atoms with Crippen LogP contribution in [0, 0.1) is 26.0 Å². The molecule has 9 rings (SSSR count). The molecule has 0 saturated heterocycles. The van der Waals surface area contributed by atoms with E-state index in [1.54, 1.807) is 12.4 Å². The van der Waals surface area contributed by atoms with Crippen molar-refractivity contribution in [2.45, 2.75) is 13.8 Å². The molecule has 0 amide bonds. The monoisotopic (exact) mass is 748 g/mol. The van der Waals surface area contributed by atoms with Crippen molar-refractivity contribution in [1.82, 2.24) is 23.8 Å². The molecule has 4 aromatic carbocycles. The third-order valence-corrected chi connectivity index (χ3v) is 8.45. The number of benzene rings is 4. The number of hydrogen-bond donors (Lipinski definition) is 0. The second-order valence-electron chi connectivity index (χ2n) is 11.0. The molecule has 0 aliphatic heterocycles. The second kappa shape index (κ2) is 10.0. The van der Waals surface area contributed by atoms with E-state index in [2.05, 4.69) is 93.3 Å². The number of imidazole rings is 2. The van der Waals surface area contributed by atoms with Gasteiger partial charge >= 0.3 is 21.1 Å². The summed E-state index contributed by atoms with van der Waals surface area (Å²) in [5, 5.41) is 6.07. The minimum absolute atomic E-state index is 0. The maximum atomic E-state index is 6.37. The minimum Gasteiger partial charge on any atom is -0.497 e. The maximum Gasteiger partial charge on any atom is 2.00 e. The predicted octanol–water partition coefficient (Wildman–Crippen LogP) is 8.66. The van der Waals surface area contributed by atoms with Crippen LogP contribution in [0.4, 0.5) is 0 Å². The largest absolute Gasteiger partial charge is 2.00 e. The van der Waals surface area contributed by atoms with Crippen molar-refractivity contribution >= 4 is 54.6 Å². The number of ether oxygens (including phenoxy) is 1. The summed E-state index contributed by atoms with van der Waals surface area (Å²) in [6, 6.07) is 30.2. The fourth-order valence-electron chi connectivity index (χ4n) is 6.54. The number of fused-ring (bicyclic) bond motifs is 12. The molecule has 9 aromatic rings. The van der Waals surface area contributed by atoms with Gasteiger partial charge < -0.3 is 13.5 Å². The maximum absolute atomic E-state index is 6.37. The molecule has 44 heavy (non-hydrogen) atoms. The molecule has 5 heterocycles. The molecule has 0 radical (unpaired) electrons. The number of aromatic nitrogens is 5. The molecule has 0 aliphatic rings. The molecule has 0 bridgehead atoms. The zero-order valence-electron chi connectivity index (χ0n) is 23.8. The Bertz CT molecular complexity index is 2560. The first-order chi connectivity index (χ1) is 21.1. The molecule has 5 aromatic heterocycles. The second-order valence-corrected chi connectivity index (χ2v) is 11.0. The van der Waals surface area contributed by atoms with E-state index in [-0.39, 0.29) is 21.1 Å². The van der Waals surface area contributed by atoms with E-state index in [9.17, 15) is 0 Å². The summed E-state index contributed by atoms with van der Waals surface area (Å²) in [5.41, 5.74) is 8.83. The van der Waals surface area contributed by atoms with E-state index in [0.717, 1.165) is 54.6 Å². The molecule has 0 unspecified atom stereocenters. The van der Waals surface area contributed by atoms with Crippen LogP contribution < -0.4 is 4.74 Å². The fraction of sp³-hybridized carbons (Fsp3) is 0.0541. The van der Waals surface area contributed by atoms with Crippen molar-refractivity contribution in [3.8, 4) is 22.6 Å². The van der Waals surface area contributed by atoms with Crippen LogP contribution in [0.15, 0.2) is 104 Å². The summed E-state index contributed by atoms with van der Waals surface area (Å²) in [6.07, 6.45) is 11.3. The number of nitrogens with zero attached hydrogens (tertiary/aromatic N) is 5. The molecular weight excluding hydrogens is 726 g/mol. The van der Waals surface area contributed by atoms with E-state index in [4.69, 9.17) is 9.72 Å². The summed E-state index contributed by atoms with van der Waals surface area (Å²) >= 11 is 0. The average Bonchev–Trinajstić information content (AvgIpc) is 3.73. The van der Waals surface area contributed by atoms with Crippen LogP contribution in [0.1, 0.15) is 11.1 Å². The molecule has 0 atom stereocenters. The Morgan fingerprint density at radius 3 is 1.93 bits per heavy atom. The van der Waals surface area contributed by atoms with E-state index >= 15 is 0 Å². The Hall–Kier alpha value is -5.06. The number of pyridine rings is 3. The first kappa shape index (κ1) is 26.6. The van der Waals surface area contributed by atoms with Gasteiger partial charge in [0.25, 0.3) is 0 Å². The normalized spacial score (nSPS) is 11.7. The Morgan fingerprint density at radius 2 is 1.25 bits per heavy atom. The van der Waals surface area contributed by atoms with Crippen molar-refractivity contribution in [2.75, 3.05) is 0 Å². The first-order valence-electron chi connectivity index (χ1n) is 14.2. The third kappa shape index (κ3) is 3.88. The molecule has 0 fully saturated rings. The minimum atomic E-state index is 0. The summed E-state index contributed by atoms with van der Waals surface area (Å²) in [7, 11) is 0. The molecule has 0 spiro atoms. The van der Waals surface area contributed by atoms with Crippen molar-refractivity contribution < 1.29 is 25.8 Å². The van der Waals surface area contributed by atoms with Gasteiger partial charge in [0.2, 0.25) is 0 Å². The van der Waals surface area contributed by atoms with Crippen LogP contribution >= 0.6 is 0 Å². The van der Waals surface area contributed by atoms with Gasteiger partial charge in [-0.05, 0) is 59.0 Å². The summed E-state index contributed by atoms with van der Waals surface area (Å²) in [5.74, 6) is 1.19. The van der Waals surface area contributed by atoms with Crippen molar-refractivity contribution in [1.29, 1.82) is 0 Å². The van der Waals surface area contributed by atoms with E-state index in [0.29, 0.717) is 11.5 Å². The molecular formula is C37H23N5OPt. The zero-order chi connectivity index (χ0) is 28.7. The number of aryl methyl sites for hydroxylation is 2. The van der Waals surface area contributed by atoms with Gasteiger partial charge in [-0.3, -0.25) is 15.0 Å². The van der Waals surface area contributed by atoms with Crippen LogP contribution in [0.2, 0.25) is 0 Å². The van der Waals surface area contributed by atoms with Crippen molar-refractivity contribution in [3.05, 3.63) is 127 Å². The Kier molecular flexibility index (Phi) is 6.04. The average molecular weight is 749 g/mol. The Labute approximate surface area is 266 Å². The molecule has 0 N–H and O–H groups in total. The predicted molar refractivity (Wildman–Crippen MR) is 171 cm³/mol. The SMILES string of the molecule is Cc1cccc(C)c1-c1ccc2c3ccc(Oc4[c-]c5c(cc4)c4cnccc4n4ccnc54)[c-]c3c3nccn3c2c1.[Pt+2]. The summed E-state index contributed by atoms with van der Waals surface area (Å²) in [6.45, 7) is 4.33. The van der Waals surface area contributed by atoms with Gasteiger partial charge in [0.1, 0.15) is 0 Å². The van der Waals surface area contributed by atoms with Crippen LogP contribution in [0.3, 0.4) is 0 Å².